The van der Waals surface area contributed by atoms with Gasteiger partial charge in [-0.15, -0.1) is 0 Å². The van der Waals surface area contributed by atoms with Gasteiger partial charge in [0.1, 0.15) is 5.82 Å². The quantitative estimate of drug-likeness (QED) is 0.738. The summed E-state index contributed by atoms with van der Waals surface area (Å²) >= 11 is 0. The van der Waals surface area contributed by atoms with E-state index in [-0.39, 0.29) is 23.9 Å². The molecule has 1 aromatic carbocycles. The lowest BCUT2D eigenvalue weighted by atomic mass is 9.97. The molecule has 3 aromatic rings. The SMILES string of the molecule is O=C(Cc1ccn(-c2ccccc2)n1)N1CCCC(c2n[nH]c(=O)[nH]2)C1. The number of likely N-dealkylation sites (tertiary alicyclic amines) is 1. The molecule has 2 aromatic heterocycles. The fourth-order valence-electron chi connectivity index (χ4n) is 3.35. The van der Waals surface area contributed by atoms with Gasteiger partial charge in [0, 0.05) is 25.2 Å². The number of hydrogen-bond donors (Lipinski definition) is 2. The second-order valence-corrected chi connectivity index (χ2v) is 6.51. The number of piperidine rings is 1. The molecule has 1 aliphatic rings. The standard InChI is InChI=1S/C18H20N6O2/c25-16(11-14-8-10-24(22-14)15-6-2-1-3-7-15)23-9-4-5-13(12-23)17-19-18(26)21-20-17/h1-3,6-8,10,13H,4-5,9,11-12H2,(H2,19,20,21,26). The molecule has 26 heavy (non-hydrogen) atoms. The number of carbonyl (C=O) groups is 1. The van der Waals surface area contributed by atoms with Gasteiger partial charge >= 0.3 is 5.69 Å². The highest BCUT2D eigenvalue weighted by molar-refractivity contribution is 5.78. The molecule has 0 aliphatic carbocycles. The lowest BCUT2D eigenvalue weighted by Gasteiger charge is -2.31. The number of benzene rings is 1. The molecule has 2 N–H and O–H groups in total. The van der Waals surface area contributed by atoms with Crippen LogP contribution in [0.15, 0.2) is 47.4 Å². The monoisotopic (exact) mass is 352 g/mol. The molecular formula is C18H20N6O2. The highest BCUT2D eigenvalue weighted by Gasteiger charge is 2.27. The highest BCUT2D eigenvalue weighted by Crippen LogP contribution is 2.24. The molecule has 134 valence electrons. The van der Waals surface area contributed by atoms with Gasteiger partial charge in [0.2, 0.25) is 5.91 Å². The molecule has 0 bridgehead atoms. The van der Waals surface area contributed by atoms with Crippen molar-refractivity contribution >= 4 is 5.91 Å². The molecule has 1 aliphatic heterocycles. The van der Waals surface area contributed by atoms with Crippen LogP contribution in [0.4, 0.5) is 0 Å². The first-order valence-corrected chi connectivity index (χ1v) is 8.71. The predicted molar refractivity (Wildman–Crippen MR) is 95.0 cm³/mol. The van der Waals surface area contributed by atoms with E-state index in [1.807, 2.05) is 47.5 Å². The van der Waals surface area contributed by atoms with Gasteiger partial charge in [-0.25, -0.2) is 14.6 Å². The summed E-state index contributed by atoms with van der Waals surface area (Å²) in [5, 5.41) is 10.9. The molecule has 1 saturated heterocycles. The largest absolute Gasteiger partial charge is 0.342 e. The molecule has 3 heterocycles. The average molecular weight is 352 g/mol. The predicted octanol–water partition coefficient (Wildman–Crippen LogP) is 1.23. The molecule has 0 spiro atoms. The van der Waals surface area contributed by atoms with Crippen LogP contribution in [-0.4, -0.2) is 48.9 Å². The van der Waals surface area contributed by atoms with Crippen LogP contribution in [0.3, 0.4) is 0 Å². The number of amides is 1. The Bertz CT molecular complexity index is 942. The minimum atomic E-state index is -0.310. The van der Waals surface area contributed by atoms with Crippen molar-refractivity contribution < 1.29 is 4.79 Å². The third kappa shape index (κ3) is 3.44. The van der Waals surface area contributed by atoms with E-state index in [0.29, 0.717) is 12.4 Å². The number of carbonyl (C=O) groups excluding carboxylic acids is 1. The second-order valence-electron chi connectivity index (χ2n) is 6.51. The van der Waals surface area contributed by atoms with Crippen LogP contribution >= 0.6 is 0 Å². The third-order valence-corrected chi connectivity index (χ3v) is 4.68. The molecular weight excluding hydrogens is 332 g/mol. The summed E-state index contributed by atoms with van der Waals surface area (Å²) in [6, 6.07) is 11.7. The van der Waals surface area contributed by atoms with Crippen molar-refractivity contribution in [2.45, 2.75) is 25.2 Å². The number of nitrogens with one attached hydrogen (secondary N) is 2. The van der Waals surface area contributed by atoms with Crippen LogP contribution in [0.1, 0.15) is 30.3 Å². The molecule has 0 saturated carbocycles. The summed E-state index contributed by atoms with van der Waals surface area (Å²) in [6.45, 7) is 1.29. The summed E-state index contributed by atoms with van der Waals surface area (Å²) in [6.07, 6.45) is 3.94. The first kappa shape index (κ1) is 16.3. The van der Waals surface area contributed by atoms with Crippen molar-refractivity contribution in [3.63, 3.8) is 0 Å². The van der Waals surface area contributed by atoms with Crippen molar-refractivity contribution in [3.05, 3.63) is 64.6 Å². The summed E-state index contributed by atoms with van der Waals surface area (Å²) in [7, 11) is 0. The van der Waals surface area contributed by atoms with Gasteiger partial charge in [-0.3, -0.25) is 9.78 Å². The number of rotatable bonds is 4. The number of aromatic nitrogens is 5. The topological polar surface area (TPSA) is 99.7 Å². The minimum Gasteiger partial charge on any atom is -0.342 e. The summed E-state index contributed by atoms with van der Waals surface area (Å²) in [5.74, 6) is 0.736. The zero-order valence-corrected chi connectivity index (χ0v) is 14.3. The zero-order valence-electron chi connectivity index (χ0n) is 14.3. The van der Waals surface area contributed by atoms with Crippen LogP contribution < -0.4 is 5.69 Å². The Morgan fingerprint density at radius 1 is 1.23 bits per heavy atom. The minimum absolute atomic E-state index is 0.0471. The van der Waals surface area contributed by atoms with Gasteiger partial charge in [-0.05, 0) is 31.0 Å². The number of nitrogens with zero attached hydrogens (tertiary/aromatic N) is 4. The lowest BCUT2D eigenvalue weighted by molar-refractivity contribution is -0.131. The number of hydrogen-bond acceptors (Lipinski definition) is 4. The van der Waals surface area contributed by atoms with E-state index in [1.165, 1.54) is 0 Å². The van der Waals surface area contributed by atoms with Crippen LogP contribution in [-0.2, 0) is 11.2 Å². The number of aromatic amines is 2. The average Bonchev–Trinajstić information content (AvgIpc) is 3.32. The maximum atomic E-state index is 12.7. The lowest BCUT2D eigenvalue weighted by Crippen LogP contribution is -2.40. The fraction of sp³-hybridized carbons (Fsp3) is 0.333. The molecule has 4 rings (SSSR count). The molecule has 1 atom stereocenters. The number of H-pyrrole nitrogens is 2. The van der Waals surface area contributed by atoms with Crippen molar-refractivity contribution in [1.82, 2.24) is 29.9 Å². The Morgan fingerprint density at radius 3 is 2.85 bits per heavy atom. The fourth-order valence-corrected chi connectivity index (χ4v) is 3.35. The van der Waals surface area contributed by atoms with Gasteiger partial charge in [0.15, 0.2) is 0 Å². The smallest absolute Gasteiger partial charge is 0.340 e. The Balaban J connectivity index is 1.42. The first-order chi connectivity index (χ1) is 12.7. The summed E-state index contributed by atoms with van der Waals surface area (Å²) < 4.78 is 1.77. The van der Waals surface area contributed by atoms with Crippen molar-refractivity contribution in [1.29, 1.82) is 0 Å². The molecule has 8 heteroatoms. The van der Waals surface area contributed by atoms with Gasteiger partial charge in [-0.1, -0.05) is 18.2 Å². The van der Waals surface area contributed by atoms with E-state index in [1.54, 1.807) is 4.68 Å². The van der Waals surface area contributed by atoms with E-state index in [2.05, 4.69) is 20.3 Å². The van der Waals surface area contributed by atoms with Crippen LogP contribution in [0.2, 0.25) is 0 Å². The van der Waals surface area contributed by atoms with E-state index >= 15 is 0 Å². The highest BCUT2D eigenvalue weighted by atomic mass is 16.2. The van der Waals surface area contributed by atoms with E-state index in [0.717, 1.165) is 30.8 Å². The maximum absolute atomic E-state index is 12.7. The Hall–Kier alpha value is -3.16. The van der Waals surface area contributed by atoms with E-state index in [4.69, 9.17) is 0 Å². The van der Waals surface area contributed by atoms with Crippen LogP contribution in [0.5, 0.6) is 0 Å². The van der Waals surface area contributed by atoms with Crippen molar-refractivity contribution in [2.75, 3.05) is 13.1 Å². The Labute approximate surface area is 149 Å². The molecule has 8 nitrogen and oxygen atoms in total. The molecule has 0 radical (unpaired) electrons. The van der Waals surface area contributed by atoms with Crippen molar-refractivity contribution in [3.8, 4) is 5.69 Å². The summed E-state index contributed by atoms with van der Waals surface area (Å²) in [4.78, 5) is 28.5. The summed E-state index contributed by atoms with van der Waals surface area (Å²) in [5.41, 5.74) is 1.40. The first-order valence-electron chi connectivity index (χ1n) is 8.71. The van der Waals surface area contributed by atoms with Crippen LogP contribution in [0, 0.1) is 0 Å². The van der Waals surface area contributed by atoms with Crippen molar-refractivity contribution in [2.24, 2.45) is 0 Å². The maximum Gasteiger partial charge on any atom is 0.340 e. The van der Waals surface area contributed by atoms with Gasteiger partial charge < -0.3 is 4.90 Å². The molecule has 1 fully saturated rings. The number of para-hydroxylation sites is 1. The van der Waals surface area contributed by atoms with Gasteiger partial charge in [-0.2, -0.15) is 10.2 Å². The Kier molecular flexibility index (Phi) is 4.39. The Morgan fingerprint density at radius 2 is 2.08 bits per heavy atom. The second kappa shape index (κ2) is 6.99. The normalized spacial score (nSPS) is 17.4. The van der Waals surface area contributed by atoms with E-state index < -0.39 is 0 Å². The molecule has 1 amide bonds. The van der Waals surface area contributed by atoms with Crippen LogP contribution in [0.25, 0.3) is 5.69 Å². The molecule has 1 unspecified atom stereocenters. The van der Waals surface area contributed by atoms with Gasteiger partial charge in [0.05, 0.1) is 17.8 Å². The third-order valence-electron chi connectivity index (χ3n) is 4.68. The zero-order chi connectivity index (χ0) is 17.9. The van der Waals surface area contributed by atoms with Gasteiger partial charge in [0.25, 0.3) is 0 Å². The van der Waals surface area contributed by atoms with E-state index in [9.17, 15) is 9.59 Å².